The Hall–Kier alpha value is -3.87. The largest absolute Gasteiger partial charge is 0.468 e. The number of nitrogens with zero attached hydrogens (tertiary/aromatic N) is 3. The minimum atomic E-state index is -0.661. The fraction of sp³-hybridized carbons (Fsp3) is 0.208. The SMILES string of the molecule is COC(=O)C1C(C)=NC(C)=C(c2nccc3ccccc23)C1c1ccc([N+](=O)[O-])cc1. The highest BCUT2D eigenvalue weighted by Gasteiger charge is 2.40. The lowest BCUT2D eigenvalue weighted by Crippen LogP contribution is -2.33. The second-order valence-electron chi connectivity index (χ2n) is 7.46. The minimum Gasteiger partial charge on any atom is -0.468 e. The summed E-state index contributed by atoms with van der Waals surface area (Å²) in [7, 11) is 1.35. The highest BCUT2D eigenvalue weighted by Crippen LogP contribution is 2.45. The van der Waals surface area contributed by atoms with Crippen LogP contribution in [-0.2, 0) is 9.53 Å². The molecule has 31 heavy (non-hydrogen) atoms. The van der Waals surface area contributed by atoms with Crippen molar-refractivity contribution in [2.24, 2.45) is 10.9 Å². The van der Waals surface area contributed by atoms with Crippen molar-refractivity contribution >= 4 is 33.7 Å². The van der Waals surface area contributed by atoms with Gasteiger partial charge < -0.3 is 4.74 Å². The van der Waals surface area contributed by atoms with Crippen LogP contribution in [0.5, 0.6) is 0 Å². The molecule has 3 aromatic rings. The molecule has 4 rings (SSSR count). The van der Waals surface area contributed by atoms with Gasteiger partial charge >= 0.3 is 5.97 Å². The normalized spacial score (nSPS) is 18.6. The molecule has 7 nitrogen and oxygen atoms in total. The van der Waals surface area contributed by atoms with E-state index in [0.29, 0.717) is 5.71 Å². The molecule has 0 bridgehead atoms. The van der Waals surface area contributed by atoms with Gasteiger partial charge in [-0.2, -0.15) is 0 Å². The summed E-state index contributed by atoms with van der Waals surface area (Å²) < 4.78 is 5.11. The van der Waals surface area contributed by atoms with Gasteiger partial charge in [0.05, 0.1) is 17.7 Å². The zero-order valence-electron chi connectivity index (χ0n) is 17.4. The van der Waals surface area contributed by atoms with Gasteiger partial charge in [-0.15, -0.1) is 0 Å². The molecule has 156 valence electrons. The van der Waals surface area contributed by atoms with Crippen molar-refractivity contribution in [2.75, 3.05) is 7.11 Å². The number of hydrogen-bond donors (Lipinski definition) is 0. The Bertz CT molecular complexity index is 1240. The predicted molar refractivity (Wildman–Crippen MR) is 119 cm³/mol. The number of nitro groups is 1. The van der Waals surface area contributed by atoms with E-state index in [4.69, 9.17) is 4.74 Å². The van der Waals surface area contributed by atoms with E-state index in [1.807, 2.05) is 37.3 Å². The molecule has 2 unspecified atom stereocenters. The Labute approximate surface area is 179 Å². The first-order valence-corrected chi connectivity index (χ1v) is 9.84. The van der Waals surface area contributed by atoms with Crippen molar-refractivity contribution in [1.29, 1.82) is 0 Å². The highest BCUT2D eigenvalue weighted by molar-refractivity contribution is 6.08. The number of methoxy groups -OCH3 is 1. The standard InChI is InChI=1S/C24H21N3O4/c1-14-20(23-19-7-5-4-6-16(19)12-13-25-23)22(21(15(2)26-14)24(28)31-3)17-8-10-18(11-9-17)27(29)30/h4-13,21-22H,1-3H3. The molecular formula is C24H21N3O4. The number of ether oxygens (including phenoxy) is 1. The number of esters is 1. The zero-order chi connectivity index (χ0) is 22.1. The maximum atomic E-state index is 12.8. The van der Waals surface area contributed by atoms with Gasteiger partial charge in [0.15, 0.2) is 0 Å². The number of nitro benzene ring substituents is 1. The Kier molecular flexibility index (Phi) is 5.33. The molecule has 2 heterocycles. The number of non-ortho nitro benzene ring substituents is 1. The number of aromatic nitrogens is 1. The second kappa shape index (κ2) is 8.10. The van der Waals surface area contributed by atoms with Crippen LogP contribution in [0.15, 0.2) is 71.5 Å². The van der Waals surface area contributed by atoms with Gasteiger partial charge in [0.25, 0.3) is 5.69 Å². The average Bonchev–Trinajstić information content (AvgIpc) is 2.78. The summed E-state index contributed by atoms with van der Waals surface area (Å²) in [6.45, 7) is 3.70. The monoisotopic (exact) mass is 415 g/mol. The number of pyridine rings is 1. The van der Waals surface area contributed by atoms with E-state index < -0.39 is 22.7 Å². The summed E-state index contributed by atoms with van der Waals surface area (Å²) in [4.78, 5) is 32.9. The highest BCUT2D eigenvalue weighted by atomic mass is 16.6. The van der Waals surface area contributed by atoms with E-state index in [1.165, 1.54) is 19.2 Å². The van der Waals surface area contributed by atoms with E-state index >= 15 is 0 Å². The second-order valence-corrected chi connectivity index (χ2v) is 7.46. The summed E-state index contributed by atoms with van der Waals surface area (Å²) >= 11 is 0. The van der Waals surface area contributed by atoms with E-state index in [2.05, 4.69) is 9.98 Å². The van der Waals surface area contributed by atoms with E-state index in [-0.39, 0.29) is 5.69 Å². The number of hydrogen-bond acceptors (Lipinski definition) is 6. The molecule has 0 saturated heterocycles. The van der Waals surface area contributed by atoms with Crippen LogP contribution < -0.4 is 0 Å². The topological polar surface area (TPSA) is 94.7 Å². The van der Waals surface area contributed by atoms with Gasteiger partial charge in [-0.25, -0.2) is 0 Å². The lowest BCUT2D eigenvalue weighted by atomic mass is 9.74. The molecule has 0 N–H and O–H groups in total. The third-order valence-corrected chi connectivity index (χ3v) is 5.68. The van der Waals surface area contributed by atoms with Crippen molar-refractivity contribution in [1.82, 2.24) is 4.98 Å². The Morgan fingerprint density at radius 1 is 1.06 bits per heavy atom. The van der Waals surface area contributed by atoms with Crippen LogP contribution in [0.25, 0.3) is 16.3 Å². The molecule has 1 aliphatic heterocycles. The number of carbonyl (C=O) groups excluding carboxylic acids is 1. The lowest BCUT2D eigenvalue weighted by molar-refractivity contribution is -0.384. The molecule has 0 saturated carbocycles. The van der Waals surface area contributed by atoms with Gasteiger partial charge in [-0.05, 0) is 30.9 Å². The van der Waals surface area contributed by atoms with Crippen LogP contribution >= 0.6 is 0 Å². The Morgan fingerprint density at radius 3 is 2.45 bits per heavy atom. The predicted octanol–water partition coefficient (Wildman–Crippen LogP) is 4.92. The molecule has 0 amide bonds. The van der Waals surface area contributed by atoms with Crippen molar-refractivity contribution < 1.29 is 14.5 Å². The zero-order valence-corrected chi connectivity index (χ0v) is 17.4. The molecule has 2 aromatic carbocycles. The fourth-order valence-electron chi connectivity index (χ4n) is 4.28. The van der Waals surface area contributed by atoms with Gasteiger partial charge in [0.2, 0.25) is 0 Å². The molecule has 0 radical (unpaired) electrons. The van der Waals surface area contributed by atoms with Gasteiger partial charge in [0.1, 0.15) is 5.92 Å². The molecule has 0 spiro atoms. The molecule has 2 atom stereocenters. The molecule has 7 heteroatoms. The van der Waals surface area contributed by atoms with Crippen LogP contribution in [-0.4, -0.2) is 28.7 Å². The summed E-state index contributed by atoms with van der Waals surface area (Å²) in [6.07, 6.45) is 1.74. The van der Waals surface area contributed by atoms with Gasteiger partial charge in [-0.3, -0.25) is 24.9 Å². The van der Waals surface area contributed by atoms with Gasteiger partial charge in [0, 0.05) is 46.6 Å². The smallest absolute Gasteiger partial charge is 0.315 e. The minimum absolute atomic E-state index is 0.00916. The van der Waals surface area contributed by atoms with Crippen molar-refractivity contribution in [3.63, 3.8) is 0 Å². The first-order chi connectivity index (χ1) is 14.9. The van der Waals surface area contributed by atoms with Crippen LogP contribution in [0, 0.1) is 16.0 Å². The van der Waals surface area contributed by atoms with Crippen LogP contribution in [0.4, 0.5) is 5.69 Å². The maximum absolute atomic E-state index is 12.8. The molecule has 0 aliphatic carbocycles. The summed E-state index contributed by atoms with van der Waals surface area (Å²) in [5.41, 5.74) is 3.70. The van der Waals surface area contributed by atoms with Crippen LogP contribution in [0.3, 0.4) is 0 Å². The molecule has 1 aromatic heterocycles. The van der Waals surface area contributed by atoms with Crippen LogP contribution in [0.2, 0.25) is 0 Å². The van der Waals surface area contributed by atoms with Gasteiger partial charge in [-0.1, -0.05) is 36.4 Å². The van der Waals surface area contributed by atoms with E-state index in [9.17, 15) is 14.9 Å². The number of rotatable bonds is 4. The molecule has 1 aliphatic rings. The molecule has 0 fully saturated rings. The third kappa shape index (κ3) is 3.59. The lowest BCUT2D eigenvalue weighted by Gasteiger charge is -2.32. The van der Waals surface area contributed by atoms with Crippen molar-refractivity contribution in [3.8, 4) is 0 Å². The number of allylic oxidation sites excluding steroid dienone is 2. The number of benzene rings is 2. The quantitative estimate of drug-likeness (QED) is 0.342. The fourth-order valence-corrected chi connectivity index (χ4v) is 4.28. The average molecular weight is 415 g/mol. The van der Waals surface area contributed by atoms with Crippen LogP contribution in [0.1, 0.15) is 31.0 Å². The van der Waals surface area contributed by atoms with E-state index in [0.717, 1.165) is 33.3 Å². The summed E-state index contributed by atoms with van der Waals surface area (Å²) in [6, 6.07) is 16.1. The number of aliphatic imine (C=N–C) groups is 1. The number of carbonyl (C=O) groups is 1. The first-order valence-electron chi connectivity index (χ1n) is 9.84. The van der Waals surface area contributed by atoms with Crippen molar-refractivity contribution in [2.45, 2.75) is 19.8 Å². The Balaban J connectivity index is 1.98. The van der Waals surface area contributed by atoms with Crippen molar-refractivity contribution in [3.05, 3.63) is 87.9 Å². The third-order valence-electron chi connectivity index (χ3n) is 5.68. The molecular weight excluding hydrogens is 394 g/mol. The summed E-state index contributed by atoms with van der Waals surface area (Å²) in [5, 5.41) is 13.1. The maximum Gasteiger partial charge on any atom is 0.315 e. The van der Waals surface area contributed by atoms with E-state index in [1.54, 1.807) is 25.3 Å². The Morgan fingerprint density at radius 2 is 1.77 bits per heavy atom. The first kappa shape index (κ1) is 20.4. The summed E-state index contributed by atoms with van der Waals surface area (Å²) in [5.74, 6) is -1.51. The number of fused-ring (bicyclic) bond motifs is 1.